The molecule has 0 aromatic heterocycles. The first-order valence-electron chi connectivity index (χ1n) is 6.04. The van der Waals surface area contributed by atoms with Gasteiger partial charge in [0.1, 0.15) is 0 Å². The number of hydrogen-bond donors (Lipinski definition) is 1. The van der Waals surface area contributed by atoms with E-state index < -0.39 is 0 Å². The van der Waals surface area contributed by atoms with Crippen molar-refractivity contribution in [1.29, 1.82) is 0 Å². The molecule has 0 unspecified atom stereocenters. The summed E-state index contributed by atoms with van der Waals surface area (Å²) in [4.78, 5) is 4.58. The van der Waals surface area contributed by atoms with Crippen LogP contribution in [0.1, 0.15) is 33.1 Å². The normalized spacial score (nSPS) is 19.3. The molecule has 0 aromatic rings. The van der Waals surface area contributed by atoms with Crippen LogP contribution < -0.4 is 5.32 Å². The molecule has 0 saturated carbocycles. The summed E-state index contributed by atoms with van der Waals surface area (Å²) in [6.07, 6.45) is 6.11. The summed E-state index contributed by atoms with van der Waals surface area (Å²) in [5.41, 5.74) is 0.383. The molecule has 0 bridgehead atoms. The molecule has 0 aliphatic carbocycles. The highest BCUT2D eigenvalue weighted by atomic mass is 32.2. The first-order valence-corrected chi connectivity index (χ1v) is 8.42. The number of rotatable bonds is 6. The van der Waals surface area contributed by atoms with Gasteiger partial charge in [0, 0.05) is 18.8 Å². The van der Waals surface area contributed by atoms with E-state index in [-0.39, 0.29) is 0 Å². The lowest BCUT2D eigenvalue weighted by atomic mass is 9.97. The van der Waals surface area contributed by atoms with Gasteiger partial charge in [-0.2, -0.15) is 11.8 Å². The van der Waals surface area contributed by atoms with E-state index >= 15 is 0 Å². The average molecular weight is 260 g/mol. The summed E-state index contributed by atoms with van der Waals surface area (Å²) in [5, 5.41) is 4.60. The van der Waals surface area contributed by atoms with Crippen LogP contribution >= 0.6 is 23.5 Å². The fourth-order valence-electron chi connectivity index (χ4n) is 1.49. The maximum atomic E-state index is 4.58. The van der Waals surface area contributed by atoms with Crippen molar-refractivity contribution >= 4 is 28.7 Å². The first-order chi connectivity index (χ1) is 7.64. The molecule has 1 heterocycles. The van der Waals surface area contributed by atoms with Crippen LogP contribution in [0, 0.1) is 5.41 Å². The van der Waals surface area contributed by atoms with E-state index in [1.165, 1.54) is 30.8 Å². The highest BCUT2D eigenvalue weighted by molar-refractivity contribution is 8.13. The summed E-state index contributed by atoms with van der Waals surface area (Å²) in [7, 11) is 0. The van der Waals surface area contributed by atoms with Crippen molar-refractivity contribution in [1.82, 2.24) is 5.32 Å². The molecule has 0 atom stereocenters. The lowest BCUT2D eigenvalue weighted by molar-refractivity contribution is 0.436. The maximum absolute atomic E-state index is 4.58. The van der Waals surface area contributed by atoms with Crippen molar-refractivity contribution < 1.29 is 0 Å². The highest BCUT2D eigenvalue weighted by Crippen LogP contribution is 2.26. The van der Waals surface area contributed by atoms with E-state index in [1.54, 1.807) is 0 Å². The Morgan fingerprint density at radius 1 is 1.38 bits per heavy atom. The van der Waals surface area contributed by atoms with E-state index in [1.807, 2.05) is 23.5 Å². The Morgan fingerprint density at radius 3 is 2.81 bits per heavy atom. The Morgan fingerprint density at radius 2 is 2.19 bits per heavy atom. The van der Waals surface area contributed by atoms with E-state index in [2.05, 4.69) is 30.4 Å². The van der Waals surface area contributed by atoms with Crippen LogP contribution in [0.25, 0.3) is 0 Å². The monoisotopic (exact) mass is 260 g/mol. The minimum Gasteiger partial charge on any atom is -0.365 e. The Hall–Kier alpha value is 0.170. The zero-order valence-corrected chi connectivity index (χ0v) is 12.3. The molecule has 0 radical (unpaired) electrons. The van der Waals surface area contributed by atoms with Gasteiger partial charge in [-0.25, -0.2) is 0 Å². The van der Waals surface area contributed by atoms with Crippen molar-refractivity contribution in [2.45, 2.75) is 33.1 Å². The summed E-state index contributed by atoms with van der Waals surface area (Å²) < 4.78 is 0. The molecule has 1 N–H and O–H groups in total. The van der Waals surface area contributed by atoms with Gasteiger partial charge in [0.05, 0.1) is 0 Å². The Kier molecular flexibility index (Phi) is 6.66. The van der Waals surface area contributed by atoms with Crippen LogP contribution in [-0.4, -0.2) is 36.0 Å². The Labute approximate surface area is 108 Å². The zero-order chi connectivity index (χ0) is 11.9. The van der Waals surface area contributed by atoms with Crippen molar-refractivity contribution in [3.05, 3.63) is 0 Å². The molecule has 0 saturated heterocycles. The molecule has 0 aromatic carbocycles. The van der Waals surface area contributed by atoms with Gasteiger partial charge in [0.2, 0.25) is 0 Å². The molecular formula is C12H24N2S2. The van der Waals surface area contributed by atoms with Gasteiger partial charge in [-0.15, -0.1) is 0 Å². The van der Waals surface area contributed by atoms with E-state index in [4.69, 9.17) is 0 Å². The molecule has 94 valence electrons. The molecule has 0 fully saturated rings. The van der Waals surface area contributed by atoms with Gasteiger partial charge in [-0.1, -0.05) is 32.0 Å². The van der Waals surface area contributed by atoms with Crippen molar-refractivity contribution in [2.24, 2.45) is 10.4 Å². The SMILES string of the molecule is CSCCCCCNC1=NCC(C)(C)CS1. The number of unbranched alkanes of at least 4 members (excludes halogenated alkanes) is 2. The van der Waals surface area contributed by atoms with Crippen LogP contribution in [0.4, 0.5) is 0 Å². The number of thioether (sulfide) groups is 2. The second kappa shape index (κ2) is 7.49. The van der Waals surface area contributed by atoms with Crippen LogP contribution in [-0.2, 0) is 0 Å². The predicted molar refractivity (Wildman–Crippen MR) is 78.8 cm³/mol. The molecule has 1 aliphatic heterocycles. The largest absolute Gasteiger partial charge is 0.365 e. The summed E-state index contributed by atoms with van der Waals surface area (Å²) in [6, 6.07) is 0. The van der Waals surface area contributed by atoms with Gasteiger partial charge in [0.25, 0.3) is 0 Å². The van der Waals surface area contributed by atoms with E-state index in [9.17, 15) is 0 Å². The summed E-state index contributed by atoms with van der Waals surface area (Å²) >= 11 is 3.81. The Bertz CT molecular complexity index is 227. The average Bonchev–Trinajstić information content (AvgIpc) is 2.25. The lowest BCUT2D eigenvalue weighted by Crippen LogP contribution is -2.31. The number of nitrogens with one attached hydrogen (secondary N) is 1. The zero-order valence-electron chi connectivity index (χ0n) is 10.7. The molecule has 0 amide bonds. The quantitative estimate of drug-likeness (QED) is 0.742. The first kappa shape index (κ1) is 14.2. The summed E-state index contributed by atoms with van der Waals surface area (Å²) in [6.45, 7) is 6.61. The van der Waals surface area contributed by atoms with E-state index in [0.29, 0.717) is 5.41 Å². The van der Waals surface area contributed by atoms with Gasteiger partial charge < -0.3 is 5.32 Å². The fraction of sp³-hybridized carbons (Fsp3) is 0.917. The van der Waals surface area contributed by atoms with Crippen LogP contribution in [0.15, 0.2) is 4.99 Å². The number of hydrogen-bond acceptors (Lipinski definition) is 4. The molecule has 1 rings (SSSR count). The van der Waals surface area contributed by atoms with Crippen molar-refractivity contribution in [2.75, 3.05) is 30.9 Å². The summed E-state index contributed by atoms with van der Waals surface area (Å²) in [5.74, 6) is 2.48. The minimum atomic E-state index is 0.383. The topological polar surface area (TPSA) is 24.4 Å². The van der Waals surface area contributed by atoms with E-state index in [0.717, 1.165) is 18.3 Å². The lowest BCUT2D eigenvalue weighted by Gasteiger charge is -2.27. The maximum Gasteiger partial charge on any atom is 0.156 e. The van der Waals surface area contributed by atoms with Gasteiger partial charge >= 0.3 is 0 Å². The minimum absolute atomic E-state index is 0.383. The standard InChI is InChI=1S/C12H24N2S2/c1-12(2)9-14-11(16-10-12)13-7-5-4-6-8-15-3/h4-10H2,1-3H3,(H,13,14). The number of amidine groups is 1. The second-order valence-corrected chi connectivity index (χ2v) is 7.00. The van der Waals surface area contributed by atoms with Crippen molar-refractivity contribution in [3.8, 4) is 0 Å². The Balaban J connectivity index is 2.04. The van der Waals surface area contributed by atoms with Crippen LogP contribution in [0.3, 0.4) is 0 Å². The fourth-order valence-corrected chi connectivity index (χ4v) is 2.96. The molecule has 2 nitrogen and oxygen atoms in total. The molecule has 0 spiro atoms. The van der Waals surface area contributed by atoms with Crippen LogP contribution in [0.5, 0.6) is 0 Å². The molecule has 4 heteroatoms. The van der Waals surface area contributed by atoms with Crippen molar-refractivity contribution in [3.63, 3.8) is 0 Å². The van der Waals surface area contributed by atoms with Crippen LogP contribution in [0.2, 0.25) is 0 Å². The number of aliphatic imine (C=N–C) groups is 1. The van der Waals surface area contributed by atoms with Gasteiger partial charge in [0.15, 0.2) is 5.17 Å². The molecule has 16 heavy (non-hydrogen) atoms. The van der Waals surface area contributed by atoms with Gasteiger partial charge in [-0.05, 0) is 30.3 Å². The highest BCUT2D eigenvalue weighted by Gasteiger charge is 2.22. The third kappa shape index (κ3) is 6.04. The molecule has 1 aliphatic rings. The molecular weight excluding hydrogens is 236 g/mol. The third-order valence-electron chi connectivity index (χ3n) is 2.55. The third-order valence-corrected chi connectivity index (χ3v) is 4.72. The smallest absolute Gasteiger partial charge is 0.156 e. The second-order valence-electron chi connectivity index (χ2n) is 5.05. The number of nitrogens with zero attached hydrogens (tertiary/aromatic N) is 1. The predicted octanol–water partition coefficient (Wildman–Crippen LogP) is 3.24. The van der Waals surface area contributed by atoms with Gasteiger partial charge in [-0.3, -0.25) is 4.99 Å².